The molecule has 102 valence electrons. The maximum absolute atomic E-state index is 11.5. The third kappa shape index (κ3) is 4.02. The third-order valence-corrected chi connectivity index (χ3v) is 2.54. The minimum atomic E-state index is -0.972. The van der Waals surface area contributed by atoms with Gasteiger partial charge >= 0.3 is 5.97 Å². The van der Waals surface area contributed by atoms with Crippen LogP contribution in [0.25, 0.3) is 0 Å². The Labute approximate surface area is 108 Å². The van der Waals surface area contributed by atoms with Crippen molar-refractivity contribution in [1.82, 2.24) is 0 Å². The Balaban J connectivity index is 3.17. The summed E-state index contributed by atoms with van der Waals surface area (Å²) in [4.78, 5) is 31.4. The molecule has 0 aliphatic heterocycles. The van der Waals surface area contributed by atoms with E-state index in [1.165, 1.54) is 19.2 Å². The van der Waals surface area contributed by atoms with E-state index in [1.807, 2.05) is 0 Å². The molecule has 0 radical (unpaired) electrons. The van der Waals surface area contributed by atoms with Gasteiger partial charge in [-0.3, -0.25) is 20.2 Å². The van der Waals surface area contributed by atoms with E-state index in [-0.39, 0.29) is 11.1 Å². The number of nitro groups is 2. The number of rotatable bonds is 6. The van der Waals surface area contributed by atoms with Crippen molar-refractivity contribution in [3.05, 3.63) is 55.6 Å². The van der Waals surface area contributed by atoms with Crippen molar-refractivity contribution in [2.45, 2.75) is 5.92 Å². The lowest BCUT2D eigenvalue weighted by Crippen LogP contribution is -2.23. The summed E-state index contributed by atoms with van der Waals surface area (Å²) in [7, 11) is 1.18. The first kappa shape index (κ1) is 14.6. The zero-order valence-electron chi connectivity index (χ0n) is 10.1. The Bertz CT molecular complexity index is 486. The number of nitrogens with zero attached hydrogens (tertiary/aromatic N) is 2. The number of hydrogen-bond acceptors (Lipinski definition) is 6. The van der Waals surface area contributed by atoms with Gasteiger partial charge in [0.25, 0.3) is 0 Å². The van der Waals surface area contributed by atoms with E-state index in [0.717, 1.165) is 0 Å². The molecule has 1 aromatic rings. The van der Waals surface area contributed by atoms with E-state index in [0.29, 0.717) is 0 Å². The standard InChI is InChI=1S/C11H12N2O6/c1-19-11(14)10-5-3-2-4-9(10)8(6-12(15)16)7-13(17)18/h2-5,8H,6-7H2,1H3. The summed E-state index contributed by atoms with van der Waals surface area (Å²) >= 11 is 0. The summed E-state index contributed by atoms with van der Waals surface area (Å²) in [5, 5.41) is 21.2. The number of benzene rings is 1. The van der Waals surface area contributed by atoms with Gasteiger partial charge in [-0.15, -0.1) is 0 Å². The third-order valence-electron chi connectivity index (χ3n) is 2.54. The number of ether oxygens (including phenoxy) is 1. The quantitative estimate of drug-likeness (QED) is 0.434. The molecular weight excluding hydrogens is 256 g/mol. The highest BCUT2D eigenvalue weighted by atomic mass is 16.6. The molecule has 0 unspecified atom stereocenters. The summed E-state index contributed by atoms with van der Waals surface area (Å²) in [6.45, 7) is -1.23. The predicted octanol–water partition coefficient (Wildman–Crippen LogP) is 1.11. The average Bonchev–Trinajstić information content (AvgIpc) is 2.36. The number of methoxy groups -OCH3 is 1. The molecule has 0 bridgehead atoms. The van der Waals surface area contributed by atoms with Gasteiger partial charge in [-0.25, -0.2) is 4.79 Å². The summed E-state index contributed by atoms with van der Waals surface area (Å²) in [5.41, 5.74) is 0.362. The molecule has 0 saturated carbocycles. The van der Waals surface area contributed by atoms with Crippen LogP contribution in [0.4, 0.5) is 0 Å². The van der Waals surface area contributed by atoms with Crippen LogP contribution in [0.2, 0.25) is 0 Å². The van der Waals surface area contributed by atoms with Gasteiger partial charge in [0.1, 0.15) is 5.92 Å². The fraction of sp³-hybridized carbons (Fsp3) is 0.364. The van der Waals surface area contributed by atoms with Crippen molar-refractivity contribution in [3.8, 4) is 0 Å². The summed E-state index contributed by atoms with van der Waals surface area (Å²) < 4.78 is 4.56. The van der Waals surface area contributed by atoms with E-state index in [9.17, 15) is 25.0 Å². The maximum Gasteiger partial charge on any atom is 0.338 e. The number of hydrogen-bond donors (Lipinski definition) is 0. The van der Waals surface area contributed by atoms with Gasteiger partial charge in [0.2, 0.25) is 13.1 Å². The van der Waals surface area contributed by atoms with Crippen LogP contribution in [0.1, 0.15) is 21.8 Å². The molecule has 0 fully saturated rings. The van der Waals surface area contributed by atoms with E-state index in [1.54, 1.807) is 12.1 Å². The zero-order chi connectivity index (χ0) is 14.4. The largest absolute Gasteiger partial charge is 0.465 e. The van der Waals surface area contributed by atoms with E-state index >= 15 is 0 Å². The fourth-order valence-electron chi connectivity index (χ4n) is 1.76. The first-order valence-electron chi connectivity index (χ1n) is 5.36. The van der Waals surface area contributed by atoms with Gasteiger partial charge in [0, 0.05) is 9.85 Å². The lowest BCUT2D eigenvalue weighted by atomic mass is 9.94. The van der Waals surface area contributed by atoms with Gasteiger partial charge < -0.3 is 4.74 Å². The molecule has 1 aromatic carbocycles. The van der Waals surface area contributed by atoms with Crippen LogP contribution in [-0.4, -0.2) is 36.0 Å². The lowest BCUT2D eigenvalue weighted by molar-refractivity contribution is -0.516. The Morgan fingerprint density at radius 3 is 2.21 bits per heavy atom. The second-order valence-corrected chi connectivity index (χ2v) is 3.81. The number of esters is 1. The van der Waals surface area contributed by atoms with Crippen LogP contribution in [-0.2, 0) is 4.74 Å². The van der Waals surface area contributed by atoms with Crippen molar-refractivity contribution < 1.29 is 19.4 Å². The van der Waals surface area contributed by atoms with Gasteiger partial charge in [-0.2, -0.15) is 0 Å². The van der Waals surface area contributed by atoms with E-state index < -0.39 is 34.8 Å². The number of carbonyl (C=O) groups is 1. The molecule has 0 aliphatic rings. The Morgan fingerprint density at radius 2 is 1.74 bits per heavy atom. The molecule has 0 N–H and O–H groups in total. The van der Waals surface area contributed by atoms with Crippen LogP contribution < -0.4 is 0 Å². The van der Waals surface area contributed by atoms with Crippen LogP contribution in [0.15, 0.2) is 24.3 Å². The highest BCUT2D eigenvalue weighted by Crippen LogP contribution is 2.21. The van der Waals surface area contributed by atoms with Crippen molar-refractivity contribution >= 4 is 5.97 Å². The van der Waals surface area contributed by atoms with Crippen LogP contribution in [0.3, 0.4) is 0 Å². The lowest BCUT2D eigenvalue weighted by Gasteiger charge is -2.12. The summed E-state index contributed by atoms with van der Waals surface area (Å²) in [5.74, 6) is -1.65. The van der Waals surface area contributed by atoms with E-state index in [2.05, 4.69) is 4.74 Å². The molecule has 0 aromatic heterocycles. The Morgan fingerprint density at radius 1 is 1.21 bits per heavy atom. The molecule has 19 heavy (non-hydrogen) atoms. The van der Waals surface area contributed by atoms with Crippen molar-refractivity contribution in [1.29, 1.82) is 0 Å². The molecular formula is C11H12N2O6. The smallest absolute Gasteiger partial charge is 0.338 e. The SMILES string of the molecule is COC(=O)c1ccccc1C(C[N+](=O)[O-])C[N+](=O)[O-]. The molecule has 0 amide bonds. The topological polar surface area (TPSA) is 113 Å². The number of carbonyl (C=O) groups excluding carboxylic acids is 1. The minimum Gasteiger partial charge on any atom is -0.465 e. The van der Waals surface area contributed by atoms with Crippen molar-refractivity contribution in [2.75, 3.05) is 20.2 Å². The first-order valence-corrected chi connectivity index (χ1v) is 5.36. The second kappa shape index (κ2) is 6.43. The first-order chi connectivity index (χ1) is 8.95. The maximum atomic E-state index is 11.5. The average molecular weight is 268 g/mol. The molecule has 0 heterocycles. The second-order valence-electron chi connectivity index (χ2n) is 3.81. The molecule has 8 heteroatoms. The highest BCUT2D eigenvalue weighted by Gasteiger charge is 2.27. The highest BCUT2D eigenvalue weighted by molar-refractivity contribution is 5.91. The van der Waals surface area contributed by atoms with Crippen molar-refractivity contribution in [2.24, 2.45) is 0 Å². The molecule has 0 atom stereocenters. The predicted molar refractivity (Wildman–Crippen MR) is 64.2 cm³/mol. The van der Waals surface area contributed by atoms with Crippen LogP contribution in [0.5, 0.6) is 0 Å². The Kier molecular flexibility index (Phi) is 4.92. The van der Waals surface area contributed by atoms with Crippen LogP contribution >= 0.6 is 0 Å². The molecule has 0 spiro atoms. The van der Waals surface area contributed by atoms with Gasteiger partial charge in [-0.05, 0) is 11.6 Å². The summed E-state index contributed by atoms with van der Waals surface area (Å²) in [6, 6.07) is 6.01. The monoisotopic (exact) mass is 268 g/mol. The molecule has 8 nitrogen and oxygen atoms in total. The molecule has 0 aliphatic carbocycles. The van der Waals surface area contributed by atoms with Crippen molar-refractivity contribution in [3.63, 3.8) is 0 Å². The normalized spacial score (nSPS) is 10.2. The Hall–Kier alpha value is -2.51. The zero-order valence-corrected chi connectivity index (χ0v) is 10.1. The summed E-state index contributed by atoms with van der Waals surface area (Å²) in [6.07, 6.45) is 0. The van der Waals surface area contributed by atoms with Crippen LogP contribution in [0, 0.1) is 20.2 Å². The van der Waals surface area contributed by atoms with E-state index in [4.69, 9.17) is 0 Å². The minimum absolute atomic E-state index is 0.110. The molecule has 0 saturated heterocycles. The van der Waals surface area contributed by atoms with Gasteiger partial charge in [0.05, 0.1) is 12.7 Å². The fourth-order valence-corrected chi connectivity index (χ4v) is 1.76. The van der Waals surface area contributed by atoms with Gasteiger partial charge in [0.15, 0.2) is 0 Å². The molecule has 1 rings (SSSR count). The van der Waals surface area contributed by atoms with Gasteiger partial charge in [-0.1, -0.05) is 18.2 Å².